The number of halogens is 2. The highest BCUT2D eigenvalue weighted by Crippen LogP contribution is 2.17. The van der Waals surface area contributed by atoms with Crippen LogP contribution in [0, 0.1) is 5.92 Å². The van der Waals surface area contributed by atoms with Crippen molar-refractivity contribution in [3.8, 4) is 5.75 Å². The number of carbonyl (C=O) groups excluding carboxylic acids is 2. The molecule has 0 fully saturated rings. The van der Waals surface area contributed by atoms with Gasteiger partial charge in [-0.1, -0.05) is 26.0 Å². The molecule has 0 unspecified atom stereocenters. The summed E-state index contributed by atoms with van der Waals surface area (Å²) in [5.41, 5.74) is 2.02. The third kappa shape index (κ3) is 7.77. The Labute approximate surface area is 168 Å². The van der Waals surface area contributed by atoms with E-state index in [-0.39, 0.29) is 23.6 Å². The first-order valence-corrected chi connectivity index (χ1v) is 9.18. The first kappa shape index (κ1) is 22.1. The average Bonchev–Trinajstić information content (AvgIpc) is 2.63. The molecule has 0 bridgehead atoms. The molecule has 8 heteroatoms. The number of nitrogens with one attached hydrogen (secondary N) is 2. The fourth-order valence-corrected chi connectivity index (χ4v) is 2.56. The first-order chi connectivity index (χ1) is 13.7. The summed E-state index contributed by atoms with van der Waals surface area (Å²) >= 11 is 0. The number of hydrogen-bond acceptors (Lipinski definition) is 3. The molecule has 0 spiro atoms. The number of nitrogens with zero attached hydrogens (tertiary/aromatic N) is 1. The van der Waals surface area contributed by atoms with Crippen molar-refractivity contribution >= 4 is 23.3 Å². The zero-order chi connectivity index (χ0) is 21.4. The van der Waals surface area contributed by atoms with Crippen LogP contribution >= 0.6 is 0 Å². The molecule has 156 valence electrons. The summed E-state index contributed by atoms with van der Waals surface area (Å²) in [5.74, 6) is 0.287. The van der Waals surface area contributed by atoms with E-state index >= 15 is 0 Å². The number of urea groups is 1. The molecule has 2 rings (SSSR count). The molecule has 0 heterocycles. The minimum absolute atomic E-state index is 0.0542. The van der Waals surface area contributed by atoms with Crippen LogP contribution in [0.1, 0.15) is 25.8 Å². The smallest absolute Gasteiger partial charge is 0.387 e. The van der Waals surface area contributed by atoms with E-state index in [0.717, 1.165) is 5.56 Å². The van der Waals surface area contributed by atoms with Crippen LogP contribution in [0.5, 0.6) is 5.75 Å². The van der Waals surface area contributed by atoms with Crippen molar-refractivity contribution in [2.45, 2.75) is 33.4 Å². The van der Waals surface area contributed by atoms with Crippen LogP contribution in [0.3, 0.4) is 0 Å². The van der Waals surface area contributed by atoms with Gasteiger partial charge in [0.1, 0.15) is 5.75 Å². The number of alkyl halides is 2. The Morgan fingerprint density at radius 3 is 2.03 bits per heavy atom. The number of hydrogen-bond donors (Lipinski definition) is 2. The van der Waals surface area contributed by atoms with Gasteiger partial charge in [0.15, 0.2) is 0 Å². The third-order valence-corrected chi connectivity index (χ3v) is 3.93. The van der Waals surface area contributed by atoms with Gasteiger partial charge in [-0.2, -0.15) is 8.78 Å². The molecule has 0 radical (unpaired) electrons. The summed E-state index contributed by atoms with van der Waals surface area (Å²) in [7, 11) is 1.62. The lowest BCUT2D eigenvalue weighted by molar-refractivity contribution is -0.116. The molecule has 2 N–H and O–H groups in total. The topological polar surface area (TPSA) is 70.7 Å². The van der Waals surface area contributed by atoms with Gasteiger partial charge in [0.2, 0.25) is 5.91 Å². The second-order valence-electron chi connectivity index (χ2n) is 7.03. The van der Waals surface area contributed by atoms with Crippen molar-refractivity contribution < 1.29 is 23.1 Å². The molecule has 0 aliphatic rings. The summed E-state index contributed by atoms with van der Waals surface area (Å²) < 4.78 is 28.7. The molecule has 3 amide bonds. The lowest BCUT2D eigenvalue weighted by Gasteiger charge is -2.18. The van der Waals surface area contributed by atoms with Gasteiger partial charge >= 0.3 is 12.6 Å². The van der Waals surface area contributed by atoms with Crippen molar-refractivity contribution in [3.63, 3.8) is 0 Å². The maximum Gasteiger partial charge on any atom is 0.387 e. The Balaban J connectivity index is 1.86. The number of ether oxygens (including phenoxy) is 1. The van der Waals surface area contributed by atoms with E-state index in [1.165, 1.54) is 17.0 Å². The van der Waals surface area contributed by atoms with Gasteiger partial charge in [-0.05, 0) is 47.9 Å². The van der Waals surface area contributed by atoms with Gasteiger partial charge in [0, 0.05) is 31.4 Å². The van der Waals surface area contributed by atoms with Gasteiger partial charge in [0.25, 0.3) is 0 Å². The Kier molecular flexibility index (Phi) is 7.94. The van der Waals surface area contributed by atoms with Crippen LogP contribution in [-0.2, 0) is 11.3 Å². The minimum atomic E-state index is -2.87. The fourth-order valence-electron chi connectivity index (χ4n) is 2.56. The number of carbonyl (C=O) groups is 2. The fraction of sp³-hybridized carbons (Fsp3) is 0.333. The summed E-state index contributed by atoms with van der Waals surface area (Å²) in [6.45, 7) is 1.37. The number of amides is 3. The van der Waals surface area contributed by atoms with Crippen LogP contribution in [-0.4, -0.2) is 30.5 Å². The van der Waals surface area contributed by atoms with Crippen LogP contribution in [0.25, 0.3) is 0 Å². The zero-order valence-corrected chi connectivity index (χ0v) is 16.6. The molecule has 6 nitrogen and oxygen atoms in total. The molecule has 2 aromatic carbocycles. The SMILES string of the molecule is CC(C)CC(=O)Nc1ccc(NC(=O)N(C)Cc2ccc(OC(F)F)cc2)cc1. The monoisotopic (exact) mass is 405 g/mol. The van der Waals surface area contributed by atoms with Crippen molar-refractivity contribution in [2.24, 2.45) is 5.92 Å². The Morgan fingerprint density at radius 2 is 1.52 bits per heavy atom. The summed E-state index contributed by atoms with van der Waals surface area (Å²) in [4.78, 5) is 25.6. The van der Waals surface area contributed by atoms with E-state index in [9.17, 15) is 18.4 Å². The number of anilines is 2. The predicted molar refractivity (Wildman–Crippen MR) is 108 cm³/mol. The second kappa shape index (κ2) is 10.4. The summed E-state index contributed by atoms with van der Waals surface area (Å²) in [6, 6.07) is 12.6. The zero-order valence-electron chi connectivity index (χ0n) is 16.6. The maximum atomic E-state index is 12.3. The highest BCUT2D eigenvalue weighted by molar-refractivity contribution is 5.92. The quantitative estimate of drug-likeness (QED) is 0.654. The van der Waals surface area contributed by atoms with Crippen LogP contribution in [0.4, 0.5) is 25.0 Å². The first-order valence-electron chi connectivity index (χ1n) is 9.18. The lowest BCUT2D eigenvalue weighted by atomic mass is 10.1. The van der Waals surface area contributed by atoms with Gasteiger partial charge in [-0.15, -0.1) is 0 Å². The van der Waals surface area contributed by atoms with E-state index in [4.69, 9.17) is 0 Å². The average molecular weight is 405 g/mol. The lowest BCUT2D eigenvalue weighted by Crippen LogP contribution is -2.30. The van der Waals surface area contributed by atoms with Gasteiger partial charge in [-0.3, -0.25) is 4.79 Å². The molecule has 0 aliphatic heterocycles. The van der Waals surface area contributed by atoms with Crippen LogP contribution in [0.2, 0.25) is 0 Å². The van der Waals surface area contributed by atoms with Crippen LogP contribution in [0.15, 0.2) is 48.5 Å². The maximum absolute atomic E-state index is 12.3. The molecule has 0 saturated heterocycles. The predicted octanol–water partition coefficient (Wildman–Crippen LogP) is 4.94. The van der Waals surface area contributed by atoms with E-state index in [1.54, 1.807) is 43.4 Å². The van der Waals surface area contributed by atoms with E-state index in [0.29, 0.717) is 24.3 Å². The van der Waals surface area contributed by atoms with E-state index in [2.05, 4.69) is 15.4 Å². The molecule has 0 aliphatic carbocycles. The molecule has 0 aromatic heterocycles. The molecule has 0 atom stereocenters. The number of benzene rings is 2. The highest BCUT2D eigenvalue weighted by Gasteiger charge is 2.11. The van der Waals surface area contributed by atoms with E-state index in [1.807, 2.05) is 13.8 Å². The van der Waals surface area contributed by atoms with Crippen molar-refractivity contribution in [1.29, 1.82) is 0 Å². The highest BCUT2D eigenvalue weighted by atomic mass is 19.3. The molecule has 0 saturated carbocycles. The third-order valence-electron chi connectivity index (χ3n) is 3.93. The number of rotatable bonds is 8. The molecular weight excluding hydrogens is 380 g/mol. The summed E-state index contributed by atoms with van der Waals surface area (Å²) in [6.07, 6.45) is 0.443. The Hall–Kier alpha value is -3.16. The normalized spacial score (nSPS) is 10.7. The van der Waals surface area contributed by atoms with E-state index < -0.39 is 6.61 Å². The van der Waals surface area contributed by atoms with Crippen molar-refractivity contribution in [3.05, 3.63) is 54.1 Å². The van der Waals surface area contributed by atoms with Gasteiger partial charge in [-0.25, -0.2) is 4.79 Å². The Bertz CT molecular complexity index is 809. The Morgan fingerprint density at radius 1 is 0.966 bits per heavy atom. The molecular formula is C21H25F2N3O3. The molecule has 29 heavy (non-hydrogen) atoms. The second-order valence-corrected chi connectivity index (χ2v) is 7.03. The standard InChI is InChI=1S/C21H25F2N3O3/c1-14(2)12-19(27)24-16-6-8-17(9-7-16)25-21(28)26(3)13-15-4-10-18(11-5-15)29-20(22)23/h4-11,14,20H,12-13H2,1-3H3,(H,24,27)(H,25,28). The van der Waals surface area contributed by atoms with Crippen LogP contribution < -0.4 is 15.4 Å². The largest absolute Gasteiger partial charge is 0.435 e. The minimum Gasteiger partial charge on any atom is -0.435 e. The van der Waals surface area contributed by atoms with Gasteiger partial charge < -0.3 is 20.3 Å². The summed E-state index contributed by atoms with van der Waals surface area (Å²) in [5, 5.41) is 5.57. The van der Waals surface area contributed by atoms with Crippen molar-refractivity contribution in [1.82, 2.24) is 4.90 Å². The molecule has 2 aromatic rings. The van der Waals surface area contributed by atoms with Gasteiger partial charge in [0.05, 0.1) is 0 Å². The van der Waals surface area contributed by atoms with Crippen molar-refractivity contribution in [2.75, 3.05) is 17.7 Å².